The van der Waals surface area contributed by atoms with E-state index in [1.807, 2.05) is 12.1 Å². The molecule has 0 aliphatic carbocycles. The second-order valence-electron chi connectivity index (χ2n) is 6.71. The highest BCUT2D eigenvalue weighted by Crippen LogP contribution is 2.27. The number of nitrogens with one attached hydrogen (secondary N) is 1. The van der Waals surface area contributed by atoms with Crippen LogP contribution < -0.4 is 5.32 Å². The second-order valence-corrected chi connectivity index (χ2v) is 7.89. The van der Waals surface area contributed by atoms with Gasteiger partial charge in [-0.25, -0.2) is 9.59 Å². The molecule has 1 amide bonds. The van der Waals surface area contributed by atoms with Crippen molar-refractivity contribution in [3.8, 4) is 11.8 Å². The van der Waals surface area contributed by atoms with Crippen LogP contribution in [-0.2, 0) is 9.53 Å². The number of carbonyl (C=O) groups excluding carboxylic acids is 1. The summed E-state index contributed by atoms with van der Waals surface area (Å²) in [5.74, 6) is 5.04. The van der Waals surface area contributed by atoms with Crippen LogP contribution in [-0.4, -0.2) is 21.5 Å². The van der Waals surface area contributed by atoms with E-state index >= 15 is 0 Å². The van der Waals surface area contributed by atoms with Crippen LogP contribution in [0.5, 0.6) is 0 Å². The minimum atomic E-state index is -1.01. The summed E-state index contributed by atoms with van der Waals surface area (Å²) in [4.78, 5) is 23.6. The summed E-state index contributed by atoms with van der Waals surface area (Å²) < 4.78 is 9.73. The summed E-state index contributed by atoms with van der Waals surface area (Å²) in [7, 11) is 0. The Morgan fingerprint density at radius 1 is 1.19 bits per heavy atom. The third-order valence-electron chi connectivity index (χ3n) is 4.37. The van der Waals surface area contributed by atoms with Crippen LogP contribution in [0.1, 0.15) is 40.3 Å². The summed E-state index contributed by atoms with van der Waals surface area (Å²) in [6.07, 6.45) is 1.42. The zero-order valence-electron chi connectivity index (χ0n) is 17.3. The first-order valence-corrected chi connectivity index (χ1v) is 10.7. The fraction of sp³-hybridized carbons (Fsp3) is 0.125. The lowest BCUT2D eigenvalue weighted by Gasteiger charge is -2.15. The molecule has 0 saturated carbocycles. The van der Waals surface area contributed by atoms with Crippen molar-refractivity contribution in [2.24, 2.45) is 0 Å². The highest BCUT2D eigenvalue weighted by Gasteiger charge is 2.17. The largest absolute Gasteiger partial charge is 0.478 e. The molecular weight excluding hydrogens is 448 g/mol. The predicted molar refractivity (Wildman–Crippen MR) is 126 cm³/mol. The Balaban J connectivity index is 1.70. The topological polar surface area (TPSA) is 88.5 Å². The second kappa shape index (κ2) is 10.6. The lowest BCUT2D eigenvalue weighted by atomic mass is 10.1. The maximum atomic E-state index is 12.4. The Morgan fingerprint density at radius 2 is 1.91 bits per heavy atom. The van der Waals surface area contributed by atoms with Gasteiger partial charge in [-0.05, 0) is 61.1 Å². The lowest BCUT2D eigenvalue weighted by Crippen LogP contribution is -2.17. The minimum Gasteiger partial charge on any atom is -0.478 e. The van der Waals surface area contributed by atoms with Gasteiger partial charge < -0.3 is 9.84 Å². The maximum absolute atomic E-state index is 12.4. The SMILES string of the molecule is Cc1nsc(C#Cc2ccc(/C=C/C(=O)O)cc2)c1NC(=O)OC(C)c1ccccc1Cl. The van der Waals surface area contributed by atoms with Crippen LogP contribution in [0.25, 0.3) is 6.08 Å². The third-order valence-corrected chi connectivity index (χ3v) is 5.56. The number of hydrogen-bond donors (Lipinski definition) is 2. The standard InChI is InChI=1S/C24H19ClN2O4S/c1-15-23(26-24(30)31-16(2)19-5-3-4-6-20(19)25)21(32-27-15)13-11-17-7-9-18(10-8-17)12-14-22(28)29/h3-10,12,14,16H,1-2H3,(H,26,30)(H,28,29)/b14-12+. The molecule has 162 valence electrons. The summed E-state index contributed by atoms with van der Waals surface area (Å²) >= 11 is 7.35. The number of carboxylic acid groups (broad SMARTS) is 1. The number of rotatable bonds is 5. The zero-order valence-corrected chi connectivity index (χ0v) is 18.8. The number of halogens is 1. The van der Waals surface area contributed by atoms with E-state index in [4.69, 9.17) is 21.4 Å². The molecule has 0 radical (unpaired) electrons. The number of nitrogens with zero attached hydrogens (tertiary/aromatic N) is 1. The number of carbonyl (C=O) groups is 2. The molecule has 1 unspecified atom stereocenters. The Morgan fingerprint density at radius 3 is 2.59 bits per heavy atom. The van der Waals surface area contributed by atoms with E-state index in [1.54, 1.807) is 50.2 Å². The van der Waals surface area contributed by atoms with Crippen LogP contribution in [0.15, 0.2) is 54.6 Å². The van der Waals surface area contributed by atoms with Crippen molar-refractivity contribution >= 4 is 47.0 Å². The van der Waals surface area contributed by atoms with Crippen molar-refractivity contribution in [1.82, 2.24) is 4.37 Å². The van der Waals surface area contributed by atoms with Gasteiger partial charge in [0, 0.05) is 22.2 Å². The number of aromatic nitrogens is 1. The van der Waals surface area contributed by atoms with Gasteiger partial charge in [-0.1, -0.05) is 47.9 Å². The van der Waals surface area contributed by atoms with Gasteiger partial charge in [0.2, 0.25) is 0 Å². The van der Waals surface area contributed by atoms with Crippen molar-refractivity contribution in [3.63, 3.8) is 0 Å². The van der Waals surface area contributed by atoms with E-state index in [0.29, 0.717) is 26.8 Å². The quantitative estimate of drug-likeness (QED) is 0.360. The molecule has 1 aromatic heterocycles. The molecule has 0 fully saturated rings. The molecule has 0 saturated heterocycles. The average molecular weight is 467 g/mol. The molecule has 32 heavy (non-hydrogen) atoms. The Bertz CT molecular complexity index is 1220. The van der Waals surface area contributed by atoms with Crippen molar-refractivity contribution in [2.45, 2.75) is 20.0 Å². The van der Waals surface area contributed by atoms with E-state index in [1.165, 1.54) is 17.6 Å². The van der Waals surface area contributed by atoms with Gasteiger partial charge in [-0.15, -0.1) is 0 Å². The minimum absolute atomic E-state index is 0.500. The molecule has 0 aliphatic rings. The molecule has 6 nitrogen and oxygen atoms in total. The third kappa shape index (κ3) is 6.20. The fourth-order valence-corrected chi connectivity index (χ4v) is 3.73. The van der Waals surface area contributed by atoms with Crippen molar-refractivity contribution < 1.29 is 19.4 Å². The molecule has 3 rings (SSSR count). The predicted octanol–water partition coefficient (Wildman–Crippen LogP) is 5.91. The fourth-order valence-electron chi connectivity index (χ4n) is 2.74. The van der Waals surface area contributed by atoms with Gasteiger partial charge in [0.15, 0.2) is 0 Å². The molecule has 0 bridgehead atoms. The number of anilines is 1. The molecule has 0 aliphatic heterocycles. The van der Waals surface area contributed by atoms with Gasteiger partial charge >= 0.3 is 12.1 Å². The Hall–Kier alpha value is -3.60. The summed E-state index contributed by atoms with van der Waals surface area (Å²) in [6.45, 7) is 3.52. The smallest absolute Gasteiger partial charge is 0.412 e. The molecule has 2 aromatic carbocycles. The summed E-state index contributed by atoms with van der Waals surface area (Å²) in [6, 6.07) is 14.3. The van der Waals surface area contributed by atoms with Gasteiger partial charge in [-0.2, -0.15) is 4.37 Å². The molecule has 1 heterocycles. The number of amides is 1. The molecule has 2 N–H and O–H groups in total. The molecule has 8 heteroatoms. The highest BCUT2D eigenvalue weighted by atomic mass is 35.5. The van der Waals surface area contributed by atoms with E-state index in [-0.39, 0.29) is 0 Å². The zero-order chi connectivity index (χ0) is 23.1. The van der Waals surface area contributed by atoms with Gasteiger partial charge in [-0.3, -0.25) is 5.32 Å². The lowest BCUT2D eigenvalue weighted by molar-refractivity contribution is -0.131. The number of aryl methyl sites for hydroxylation is 1. The maximum Gasteiger partial charge on any atom is 0.412 e. The first kappa shape index (κ1) is 23.1. The van der Waals surface area contributed by atoms with Crippen LogP contribution >= 0.6 is 23.1 Å². The van der Waals surface area contributed by atoms with Crippen molar-refractivity contribution in [1.29, 1.82) is 0 Å². The number of benzene rings is 2. The molecule has 1 atom stereocenters. The molecule has 0 spiro atoms. The van der Waals surface area contributed by atoms with E-state index in [9.17, 15) is 9.59 Å². The molecular formula is C24H19ClN2O4S. The van der Waals surface area contributed by atoms with Crippen LogP contribution in [0.2, 0.25) is 5.02 Å². The Kier molecular flexibility index (Phi) is 7.66. The van der Waals surface area contributed by atoms with Crippen molar-refractivity contribution in [3.05, 3.63) is 86.9 Å². The van der Waals surface area contributed by atoms with E-state index < -0.39 is 18.2 Å². The number of hydrogen-bond acceptors (Lipinski definition) is 5. The van der Waals surface area contributed by atoms with Crippen LogP contribution in [0.3, 0.4) is 0 Å². The molecule has 3 aromatic rings. The number of aliphatic carboxylic acids is 1. The highest BCUT2D eigenvalue weighted by molar-refractivity contribution is 7.07. The summed E-state index contributed by atoms with van der Waals surface area (Å²) in [5.41, 5.74) is 3.34. The van der Waals surface area contributed by atoms with Crippen LogP contribution in [0.4, 0.5) is 10.5 Å². The first-order chi connectivity index (χ1) is 15.3. The van der Waals surface area contributed by atoms with Gasteiger partial charge in [0.25, 0.3) is 0 Å². The van der Waals surface area contributed by atoms with Gasteiger partial charge in [0.05, 0.1) is 11.4 Å². The average Bonchev–Trinajstić information content (AvgIpc) is 3.10. The van der Waals surface area contributed by atoms with E-state index in [2.05, 4.69) is 21.5 Å². The summed E-state index contributed by atoms with van der Waals surface area (Å²) in [5, 5.41) is 11.9. The van der Waals surface area contributed by atoms with Gasteiger partial charge in [0.1, 0.15) is 11.0 Å². The van der Waals surface area contributed by atoms with E-state index in [0.717, 1.165) is 17.2 Å². The van der Waals surface area contributed by atoms with Crippen molar-refractivity contribution in [2.75, 3.05) is 5.32 Å². The monoisotopic (exact) mass is 466 g/mol. The first-order valence-electron chi connectivity index (χ1n) is 9.55. The number of carboxylic acids is 1. The number of ether oxygens (including phenoxy) is 1. The van der Waals surface area contributed by atoms with Crippen LogP contribution in [0, 0.1) is 18.8 Å². The Labute approximate surface area is 194 Å². The normalized spacial score (nSPS) is 11.5.